The lowest BCUT2D eigenvalue weighted by atomic mass is 10.0. The molecule has 0 heterocycles. The van der Waals surface area contributed by atoms with Crippen molar-refractivity contribution in [2.75, 3.05) is 7.11 Å². The van der Waals surface area contributed by atoms with Gasteiger partial charge in [-0.2, -0.15) is 31.6 Å². The summed E-state index contributed by atoms with van der Waals surface area (Å²) < 4.78 is 79.7. The molecular weight excluding hydrogens is 264 g/mol. The van der Waals surface area contributed by atoms with Gasteiger partial charge in [0.15, 0.2) is 0 Å². The number of alkyl halides is 6. The van der Waals surface area contributed by atoms with Gasteiger partial charge in [0.25, 0.3) is 0 Å². The fraction of sp³-hybridized carbons (Fsp3) is 0.300. The predicted molar refractivity (Wildman–Crippen MR) is 47.7 cm³/mol. The maximum atomic E-state index is 12.7. The van der Waals surface area contributed by atoms with Crippen molar-refractivity contribution in [1.82, 2.24) is 0 Å². The van der Waals surface area contributed by atoms with Crippen LogP contribution in [0.25, 0.3) is 0 Å². The van der Waals surface area contributed by atoms with Crippen molar-refractivity contribution < 1.29 is 31.1 Å². The summed E-state index contributed by atoms with van der Waals surface area (Å²) in [6.07, 6.45) is -10.5. The highest BCUT2D eigenvalue weighted by atomic mass is 19.4. The monoisotopic (exact) mass is 269 g/mol. The number of hydrogen-bond acceptors (Lipinski definition) is 2. The van der Waals surface area contributed by atoms with Crippen LogP contribution in [-0.4, -0.2) is 7.11 Å². The third-order valence-corrected chi connectivity index (χ3v) is 2.07. The molecule has 0 aliphatic carbocycles. The molecule has 0 fully saturated rings. The minimum atomic E-state index is -5.27. The number of methoxy groups -OCH3 is 1. The number of benzene rings is 1. The molecule has 1 aromatic rings. The maximum absolute atomic E-state index is 12.7. The lowest BCUT2D eigenvalue weighted by Gasteiger charge is -2.18. The third kappa shape index (κ3) is 2.50. The summed E-state index contributed by atoms with van der Waals surface area (Å²) in [6.45, 7) is 0. The molecule has 2 nitrogen and oxygen atoms in total. The van der Waals surface area contributed by atoms with Crippen LogP contribution in [0.15, 0.2) is 12.1 Å². The molecule has 18 heavy (non-hydrogen) atoms. The molecule has 0 atom stereocenters. The molecule has 0 saturated carbocycles. The fourth-order valence-corrected chi connectivity index (χ4v) is 1.40. The summed E-state index contributed by atoms with van der Waals surface area (Å²) in [5.41, 5.74) is -4.49. The Bertz CT molecular complexity index is 497. The van der Waals surface area contributed by atoms with Crippen LogP contribution in [-0.2, 0) is 12.4 Å². The van der Waals surface area contributed by atoms with E-state index in [0.29, 0.717) is 6.07 Å². The van der Waals surface area contributed by atoms with Crippen molar-refractivity contribution in [2.24, 2.45) is 0 Å². The highest BCUT2D eigenvalue weighted by Crippen LogP contribution is 2.45. The molecule has 98 valence electrons. The van der Waals surface area contributed by atoms with Gasteiger partial charge in [-0.15, -0.1) is 0 Å². The van der Waals surface area contributed by atoms with Gasteiger partial charge in [-0.3, -0.25) is 0 Å². The van der Waals surface area contributed by atoms with E-state index in [2.05, 4.69) is 4.74 Å². The van der Waals surface area contributed by atoms with Gasteiger partial charge in [0.1, 0.15) is 17.4 Å². The Kier molecular flexibility index (Phi) is 3.46. The zero-order chi connectivity index (χ0) is 14.1. The molecule has 0 spiro atoms. The number of hydrogen-bond donors (Lipinski definition) is 0. The van der Waals surface area contributed by atoms with E-state index in [4.69, 9.17) is 5.26 Å². The first-order valence-electron chi connectivity index (χ1n) is 4.38. The van der Waals surface area contributed by atoms with Crippen LogP contribution < -0.4 is 4.74 Å². The number of rotatable bonds is 1. The molecule has 1 aromatic carbocycles. The largest absolute Gasteiger partial charge is 0.495 e. The van der Waals surface area contributed by atoms with Gasteiger partial charge in [-0.25, -0.2) is 0 Å². The first-order chi connectivity index (χ1) is 8.12. The van der Waals surface area contributed by atoms with E-state index < -0.39 is 34.8 Å². The molecule has 0 radical (unpaired) electrons. The van der Waals surface area contributed by atoms with E-state index in [1.54, 1.807) is 0 Å². The van der Waals surface area contributed by atoms with E-state index in [1.165, 1.54) is 6.07 Å². The normalized spacial score (nSPS) is 12.1. The topological polar surface area (TPSA) is 33.0 Å². The summed E-state index contributed by atoms with van der Waals surface area (Å²) in [6, 6.07) is 2.19. The quantitative estimate of drug-likeness (QED) is 0.730. The van der Waals surface area contributed by atoms with Gasteiger partial charge in [-0.1, -0.05) is 0 Å². The standard InChI is InChI=1S/C10H5F6NO/c1-18-8-5(4-17)2-3-6(9(11,12)13)7(8)10(14,15)16/h2-3H,1H3. The molecule has 1 rings (SSSR count). The molecule has 0 aromatic heterocycles. The molecule has 0 bridgehead atoms. The van der Waals surface area contributed by atoms with Crippen LogP contribution in [0, 0.1) is 11.3 Å². The van der Waals surface area contributed by atoms with E-state index in [0.717, 1.165) is 7.11 Å². The number of nitrogens with zero attached hydrogens (tertiary/aromatic N) is 1. The smallest absolute Gasteiger partial charge is 0.420 e. The average molecular weight is 269 g/mol. The van der Waals surface area contributed by atoms with E-state index in [-0.39, 0.29) is 6.07 Å². The Morgan fingerprint density at radius 1 is 1.06 bits per heavy atom. The van der Waals surface area contributed by atoms with Crippen LogP contribution in [0.2, 0.25) is 0 Å². The van der Waals surface area contributed by atoms with Gasteiger partial charge in [0.05, 0.1) is 18.2 Å². The molecule has 0 saturated heterocycles. The minimum Gasteiger partial charge on any atom is -0.495 e. The first kappa shape index (κ1) is 14.2. The zero-order valence-corrected chi connectivity index (χ0v) is 8.78. The lowest BCUT2D eigenvalue weighted by Crippen LogP contribution is -2.18. The Morgan fingerprint density at radius 2 is 1.61 bits per heavy atom. The van der Waals surface area contributed by atoms with Crippen LogP contribution in [0.3, 0.4) is 0 Å². The van der Waals surface area contributed by atoms with Crippen molar-refractivity contribution in [3.8, 4) is 11.8 Å². The van der Waals surface area contributed by atoms with E-state index >= 15 is 0 Å². The summed E-state index contributed by atoms with van der Waals surface area (Å²) in [5.74, 6) is -1.13. The summed E-state index contributed by atoms with van der Waals surface area (Å²) in [7, 11) is 0.769. The molecule has 0 N–H and O–H groups in total. The molecule has 0 aliphatic heterocycles. The summed E-state index contributed by atoms with van der Waals surface area (Å²) >= 11 is 0. The van der Waals surface area contributed by atoms with Gasteiger partial charge in [-0.05, 0) is 12.1 Å². The minimum absolute atomic E-state index is 0.212. The van der Waals surface area contributed by atoms with Crippen molar-refractivity contribution in [3.05, 3.63) is 28.8 Å². The van der Waals surface area contributed by atoms with Gasteiger partial charge in [0, 0.05) is 0 Å². The highest BCUT2D eigenvalue weighted by molar-refractivity contribution is 5.54. The Hall–Kier alpha value is -1.91. The second kappa shape index (κ2) is 4.40. The summed E-state index contributed by atoms with van der Waals surface area (Å²) in [5, 5.41) is 8.55. The predicted octanol–water partition coefficient (Wildman–Crippen LogP) is 3.60. The van der Waals surface area contributed by atoms with Gasteiger partial charge < -0.3 is 4.74 Å². The van der Waals surface area contributed by atoms with Crippen molar-refractivity contribution in [1.29, 1.82) is 5.26 Å². The average Bonchev–Trinajstić information content (AvgIpc) is 2.24. The second-order valence-corrected chi connectivity index (χ2v) is 3.18. The van der Waals surface area contributed by atoms with Crippen molar-refractivity contribution in [2.45, 2.75) is 12.4 Å². The number of nitriles is 1. The van der Waals surface area contributed by atoms with E-state index in [1.807, 2.05) is 0 Å². The Morgan fingerprint density at radius 3 is 1.94 bits per heavy atom. The molecule has 0 amide bonds. The van der Waals surface area contributed by atoms with Crippen LogP contribution in [0.5, 0.6) is 5.75 Å². The van der Waals surface area contributed by atoms with Gasteiger partial charge in [0.2, 0.25) is 0 Å². The van der Waals surface area contributed by atoms with E-state index in [9.17, 15) is 26.3 Å². The molecule has 0 unspecified atom stereocenters. The maximum Gasteiger partial charge on any atom is 0.420 e. The fourth-order valence-electron chi connectivity index (χ4n) is 1.40. The van der Waals surface area contributed by atoms with Crippen LogP contribution in [0.1, 0.15) is 16.7 Å². The third-order valence-electron chi connectivity index (χ3n) is 2.07. The SMILES string of the molecule is COc1c(C#N)ccc(C(F)(F)F)c1C(F)(F)F. The Labute approximate surface area is 97.4 Å². The van der Waals surface area contributed by atoms with Crippen LogP contribution in [0.4, 0.5) is 26.3 Å². The van der Waals surface area contributed by atoms with Gasteiger partial charge >= 0.3 is 12.4 Å². The second-order valence-electron chi connectivity index (χ2n) is 3.18. The zero-order valence-electron chi connectivity index (χ0n) is 8.78. The first-order valence-corrected chi connectivity index (χ1v) is 4.38. The van der Waals surface area contributed by atoms with Crippen LogP contribution >= 0.6 is 0 Å². The Balaban J connectivity index is 3.73. The molecular formula is C10H5F6NO. The summed E-state index contributed by atoms with van der Waals surface area (Å²) in [4.78, 5) is 0. The lowest BCUT2D eigenvalue weighted by molar-refractivity contribution is -0.162. The van der Waals surface area contributed by atoms with Crippen molar-refractivity contribution in [3.63, 3.8) is 0 Å². The van der Waals surface area contributed by atoms with Crippen molar-refractivity contribution >= 4 is 0 Å². The number of ether oxygens (including phenoxy) is 1. The highest BCUT2D eigenvalue weighted by Gasteiger charge is 2.46. The molecule has 8 heteroatoms. The molecule has 0 aliphatic rings. The number of halogens is 6.